The number of aliphatic hydroxyl groups is 1. The Hall–Kier alpha value is -0.940. The van der Waals surface area contributed by atoms with Crippen molar-refractivity contribution in [1.29, 1.82) is 0 Å². The number of nitrogens with zero attached hydrogens (tertiary/aromatic N) is 2. The fraction of sp³-hybridized carbons (Fsp3) is 0.739. The van der Waals surface area contributed by atoms with Gasteiger partial charge in [-0.15, -0.1) is 0 Å². The third kappa shape index (κ3) is 4.24. The summed E-state index contributed by atoms with van der Waals surface area (Å²) in [4.78, 5) is 5.28. The summed E-state index contributed by atoms with van der Waals surface area (Å²) in [5.74, 6) is 0. The van der Waals surface area contributed by atoms with Gasteiger partial charge in [-0.25, -0.2) is 0 Å². The first kappa shape index (κ1) is 19.4. The van der Waals surface area contributed by atoms with Gasteiger partial charge in [-0.05, 0) is 43.6 Å². The van der Waals surface area contributed by atoms with Crippen molar-refractivity contribution in [3.05, 3.63) is 35.4 Å². The van der Waals surface area contributed by atoms with Crippen LogP contribution in [0, 0.1) is 12.3 Å². The Morgan fingerprint density at radius 3 is 2.22 bits per heavy atom. The maximum absolute atomic E-state index is 11.4. The van der Waals surface area contributed by atoms with Gasteiger partial charge < -0.3 is 9.84 Å². The summed E-state index contributed by atoms with van der Waals surface area (Å²) in [6, 6.07) is 9.55. The van der Waals surface area contributed by atoms with Gasteiger partial charge in [-0.3, -0.25) is 9.80 Å². The molecule has 0 saturated carbocycles. The minimum atomic E-state index is -0.648. The van der Waals surface area contributed by atoms with Crippen LogP contribution in [0.25, 0.3) is 0 Å². The van der Waals surface area contributed by atoms with Crippen LogP contribution in [-0.4, -0.2) is 66.4 Å². The van der Waals surface area contributed by atoms with E-state index in [9.17, 15) is 5.11 Å². The van der Waals surface area contributed by atoms with Crippen molar-refractivity contribution in [3.8, 4) is 0 Å². The number of benzene rings is 1. The molecule has 0 aromatic heterocycles. The molecule has 4 rings (SSSR count). The van der Waals surface area contributed by atoms with Crippen molar-refractivity contribution in [3.63, 3.8) is 0 Å². The topological polar surface area (TPSA) is 35.9 Å². The normalized spacial score (nSPS) is 32.7. The summed E-state index contributed by atoms with van der Waals surface area (Å²) < 4.78 is 5.50. The van der Waals surface area contributed by atoms with Crippen LogP contribution in [0.1, 0.15) is 50.7 Å². The lowest BCUT2D eigenvalue weighted by Crippen LogP contribution is -2.54. The quantitative estimate of drug-likeness (QED) is 0.861. The van der Waals surface area contributed by atoms with E-state index in [1.54, 1.807) is 0 Å². The highest BCUT2D eigenvalue weighted by Gasteiger charge is 2.49. The van der Waals surface area contributed by atoms with Crippen molar-refractivity contribution < 1.29 is 9.84 Å². The molecule has 3 saturated heterocycles. The number of ether oxygens (including phenoxy) is 1. The first-order valence-electron chi connectivity index (χ1n) is 10.7. The molecule has 1 aromatic carbocycles. The zero-order valence-corrected chi connectivity index (χ0v) is 17.3. The first-order chi connectivity index (χ1) is 12.8. The van der Waals surface area contributed by atoms with Gasteiger partial charge in [-0.2, -0.15) is 0 Å². The molecule has 4 heteroatoms. The third-order valence-corrected chi connectivity index (χ3v) is 6.87. The lowest BCUT2D eigenvalue weighted by molar-refractivity contribution is -0.0689. The molecule has 3 heterocycles. The SMILES string of the molecule is Cc1ccc(C2(O)C[C@H]3CC[C@H](C2)N3CC(C)(C)CN2CCOCC2)cc1. The van der Waals surface area contributed by atoms with Crippen molar-refractivity contribution in [2.24, 2.45) is 5.41 Å². The van der Waals surface area contributed by atoms with Gasteiger partial charge in [0, 0.05) is 38.3 Å². The zero-order valence-electron chi connectivity index (χ0n) is 17.3. The summed E-state index contributed by atoms with van der Waals surface area (Å²) in [5, 5.41) is 11.4. The Balaban J connectivity index is 1.42. The molecule has 150 valence electrons. The fourth-order valence-electron chi connectivity index (χ4n) is 5.58. The fourth-order valence-corrected chi connectivity index (χ4v) is 5.58. The van der Waals surface area contributed by atoms with Crippen LogP contribution >= 0.6 is 0 Å². The number of aryl methyl sites for hydroxylation is 1. The van der Waals surface area contributed by atoms with E-state index in [1.165, 1.54) is 18.4 Å². The Kier molecular flexibility index (Phi) is 5.36. The monoisotopic (exact) mass is 372 g/mol. The Labute approximate surface area is 164 Å². The second-order valence-corrected chi connectivity index (χ2v) is 9.92. The summed E-state index contributed by atoms with van der Waals surface area (Å²) in [6.45, 7) is 13.0. The van der Waals surface area contributed by atoms with Crippen LogP contribution in [0.4, 0.5) is 0 Å². The molecule has 0 radical (unpaired) electrons. The third-order valence-electron chi connectivity index (χ3n) is 6.87. The number of rotatable bonds is 5. The molecular formula is C23H36N2O2. The second-order valence-electron chi connectivity index (χ2n) is 9.92. The van der Waals surface area contributed by atoms with E-state index in [1.807, 2.05) is 0 Å². The number of fused-ring (bicyclic) bond motifs is 2. The molecule has 1 aromatic rings. The average molecular weight is 373 g/mol. The van der Waals surface area contributed by atoms with Crippen molar-refractivity contribution >= 4 is 0 Å². The standard InChI is InChI=1S/C23H36N2O2/c1-18-4-6-19(7-5-18)23(26)14-20-8-9-21(15-23)25(20)17-22(2,3)16-24-10-12-27-13-11-24/h4-7,20-21,26H,8-17H2,1-3H3/t20-,21-/m1/s1. The predicted octanol–water partition coefficient (Wildman–Crippen LogP) is 3.17. The minimum absolute atomic E-state index is 0.261. The molecule has 4 nitrogen and oxygen atoms in total. The summed E-state index contributed by atoms with van der Waals surface area (Å²) >= 11 is 0. The van der Waals surface area contributed by atoms with Gasteiger partial charge >= 0.3 is 0 Å². The molecule has 2 bridgehead atoms. The molecule has 0 aliphatic carbocycles. The highest BCUT2D eigenvalue weighted by atomic mass is 16.5. The maximum Gasteiger partial charge on any atom is 0.0926 e. The zero-order chi connectivity index (χ0) is 19.1. The molecule has 0 spiro atoms. The molecule has 0 amide bonds. The average Bonchev–Trinajstić information content (AvgIpc) is 2.86. The van der Waals surface area contributed by atoms with E-state index in [-0.39, 0.29) is 5.41 Å². The lowest BCUT2D eigenvalue weighted by atomic mass is 9.79. The highest BCUT2D eigenvalue weighted by molar-refractivity contribution is 5.28. The van der Waals surface area contributed by atoms with Crippen LogP contribution in [0.15, 0.2) is 24.3 Å². The van der Waals surface area contributed by atoms with E-state index in [2.05, 4.69) is 54.8 Å². The van der Waals surface area contributed by atoms with Gasteiger partial charge in [-0.1, -0.05) is 43.7 Å². The van der Waals surface area contributed by atoms with Gasteiger partial charge in [0.25, 0.3) is 0 Å². The molecular weight excluding hydrogens is 336 g/mol. The molecule has 0 unspecified atom stereocenters. The van der Waals surface area contributed by atoms with E-state index in [0.29, 0.717) is 12.1 Å². The van der Waals surface area contributed by atoms with Gasteiger partial charge in [0.05, 0.1) is 18.8 Å². The Bertz CT molecular complexity index is 622. The van der Waals surface area contributed by atoms with Crippen LogP contribution in [0.3, 0.4) is 0 Å². The van der Waals surface area contributed by atoms with Crippen LogP contribution in [-0.2, 0) is 10.3 Å². The van der Waals surface area contributed by atoms with Crippen molar-refractivity contribution in [1.82, 2.24) is 9.80 Å². The van der Waals surface area contributed by atoms with E-state index >= 15 is 0 Å². The highest BCUT2D eigenvalue weighted by Crippen LogP contribution is 2.46. The van der Waals surface area contributed by atoms with E-state index < -0.39 is 5.60 Å². The predicted molar refractivity (Wildman–Crippen MR) is 109 cm³/mol. The first-order valence-corrected chi connectivity index (χ1v) is 10.7. The molecule has 27 heavy (non-hydrogen) atoms. The second kappa shape index (κ2) is 7.47. The molecule has 1 N–H and O–H groups in total. The van der Waals surface area contributed by atoms with Crippen molar-refractivity contribution in [2.45, 2.75) is 64.1 Å². The van der Waals surface area contributed by atoms with Gasteiger partial charge in [0.2, 0.25) is 0 Å². The van der Waals surface area contributed by atoms with Crippen LogP contribution in [0.2, 0.25) is 0 Å². The minimum Gasteiger partial charge on any atom is -0.385 e. The maximum atomic E-state index is 11.4. The van der Waals surface area contributed by atoms with Crippen molar-refractivity contribution in [2.75, 3.05) is 39.4 Å². The van der Waals surface area contributed by atoms with Gasteiger partial charge in [0.15, 0.2) is 0 Å². The van der Waals surface area contributed by atoms with E-state index in [0.717, 1.165) is 57.8 Å². The largest absolute Gasteiger partial charge is 0.385 e. The van der Waals surface area contributed by atoms with Crippen LogP contribution < -0.4 is 0 Å². The molecule has 3 fully saturated rings. The number of hydrogen-bond acceptors (Lipinski definition) is 4. The number of hydrogen-bond donors (Lipinski definition) is 1. The molecule has 3 aliphatic heterocycles. The Morgan fingerprint density at radius 1 is 1.04 bits per heavy atom. The smallest absolute Gasteiger partial charge is 0.0926 e. The number of morpholine rings is 1. The summed E-state index contributed by atoms with van der Waals surface area (Å²) in [6.07, 6.45) is 4.21. The van der Waals surface area contributed by atoms with Gasteiger partial charge in [0.1, 0.15) is 0 Å². The number of piperidine rings is 1. The summed E-state index contributed by atoms with van der Waals surface area (Å²) in [5.41, 5.74) is 1.98. The van der Waals surface area contributed by atoms with Crippen LogP contribution in [0.5, 0.6) is 0 Å². The Morgan fingerprint density at radius 2 is 1.63 bits per heavy atom. The summed E-state index contributed by atoms with van der Waals surface area (Å²) in [7, 11) is 0. The molecule has 3 aliphatic rings. The lowest BCUT2D eigenvalue weighted by Gasteiger charge is -2.47. The van der Waals surface area contributed by atoms with E-state index in [4.69, 9.17) is 4.74 Å². The molecule has 2 atom stereocenters.